The van der Waals surface area contributed by atoms with Gasteiger partial charge in [-0.05, 0) is 48.0 Å². The lowest BCUT2D eigenvalue weighted by Crippen LogP contribution is -1.90. The number of hydrogen-bond donors (Lipinski definition) is 0. The van der Waals surface area contributed by atoms with Crippen molar-refractivity contribution in [1.82, 2.24) is 0 Å². The second-order valence-electron chi connectivity index (χ2n) is 5.00. The maximum Gasteiger partial charge on any atom is 0.131 e. The van der Waals surface area contributed by atoms with E-state index in [9.17, 15) is 0 Å². The van der Waals surface area contributed by atoms with Gasteiger partial charge in [0.2, 0.25) is 0 Å². The molecule has 0 N–H and O–H groups in total. The zero-order chi connectivity index (χ0) is 14.8. The molecule has 0 aromatic heterocycles. The van der Waals surface area contributed by atoms with Gasteiger partial charge in [0, 0.05) is 10.0 Å². The van der Waals surface area contributed by atoms with Crippen LogP contribution in [0.15, 0.2) is 59.1 Å². The Morgan fingerprint density at radius 2 is 1.71 bits per heavy atom. The Balaban J connectivity index is 1.96. The summed E-state index contributed by atoms with van der Waals surface area (Å²) >= 11 is 9.48. The number of rotatable bonds is 3. The maximum absolute atomic E-state index is 6.00. The molecule has 3 heteroatoms. The van der Waals surface area contributed by atoms with Crippen molar-refractivity contribution < 1.29 is 4.74 Å². The summed E-state index contributed by atoms with van der Waals surface area (Å²) in [6, 6.07) is 18.3. The molecule has 0 radical (unpaired) electrons. The normalized spacial score (nSPS) is 10.8. The van der Waals surface area contributed by atoms with Crippen molar-refractivity contribution in [3.05, 3.63) is 70.2 Å². The van der Waals surface area contributed by atoms with Gasteiger partial charge in [0.25, 0.3) is 0 Å². The Labute approximate surface area is 137 Å². The first-order chi connectivity index (χ1) is 10.2. The second-order valence-corrected chi connectivity index (χ2v) is 6.18. The molecule has 0 aliphatic heterocycles. The lowest BCUT2D eigenvalue weighted by molar-refractivity contribution is 0.479. The van der Waals surface area contributed by atoms with Crippen LogP contribution in [0.1, 0.15) is 11.1 Å². The first-order valence-corrected chi connectivity index (χ1v) is 8.01. The van der Waals surface area contributed by atoms with Gasteiger partial charge in [0.05, 0.1) is 5.88 Å². The number of alkyl halides is 1. The lowest BCUT2D eigenvalue weighted by atomic mass is 10.1. The maximum atomic E-state index is 6.00. The number of aryl methyl sites for hydroxylation is 1. The van der Waals surface area contributed by atoms with Crippen LogP contribution in [0.5, 0.6) is 11.5 Å². The minimum absolute atomic E-state index is 0.442. The largest absolute Gasteiger partial charge is 0.457 e. The third-order valence-electron chi connectivity index (χ3n) is 3.36. The molecule has 0 saturated heterocycles. The van der Waals surface area contributed by atoms with Crippen molar-refractivity contribution in [2.24, 2.45) is 0 Å². The predicted molar refractivity (Wildman–Crippen MR) is 92.5 cm³/mol. The van der Waals surface area contributed by atoms with E-state index in [-0.39, 0.29) is 0 Å². The zero-order valence-electron chi connectivity index (χ0n) is 11.6. The molecule has 106 valence electrons. The third-order valence-corrected chi connectivity index (χ3v) is 4.14. The van der Waals surface area contributed by atoms with Gasteiger partial charge >= 0.3 is 0 Å². The Kier molecular flexibility index (Phi) is 4.18. The van der Waals surface area contributed by atoms with Gasteiger partial charge in [-0.25, -0.2) is 0 Å². The van der Waals surface area contributed by atoms with Gasteiger partial charge in [0.1, 0.15) is 11.5 Å². The fourth-order valence-corrected chi connectivity index (χ4v) is 2.89. The van der Waals surface area contributed by atoms with Crippen molar-refractivity contribution in [3.8, 4) is 11.5 Å². The van der Waals surface area contributed by atoms with E-state index in [4.69, 9.17) is 16.3 Å². The third kappa shape index (κ3) is 3.22. The van der Waals surface area contributed by atoms with Gasteiger partial charge < -0.3 is 4.74 Å². The van der Waals surface area contributed by atoms with Crippen LogP contribution in [0.4, 0.5) is 0 Å². The molecule has 0 fully saturated rings. The van der Waals surface area contributed by atoms with Gasteiger partial charge in [-0.3, -0.25) is 0 Å². The van der Waals surface area contributed by atoms with Crippen LogP contribution < -0.4 is 4.74 Å². The van der Waals surface area contributed by atoms with Crippen LogP contribution in [0.2, 0.25) is 0 Å². The van der Waals surface area contributed by atoms with Crippen LogP contribution >= 0.6 is 27.5 Å². The Hall–Kier alpha value is -1.51. The number of fused-ring (bicyclic) bond motifs is 1. The van der Waals surface area contributed by atoms with Crippen molar-refractivity contribution >= 4 is 38.3 Å². The Morgan fingerprint density at radius 1 is 0.952 bits per heavy atom. The molecule has 0 aliphatic carbocycles. The molecule has 0 atom stereocenters. The molecule has 3 rings (SSSR count). The molecule has 3 aromatic rings. The summed E-state index contributed by atoms with van der Waals surface area (Å²) in [6.45, 7) is 2.05. The molecule has 0 saturated carbocycles. The van der Waals surface area contributed by atoms with Gasteiger partial charge in [0.15, 0.2) is 0 Å². The summed E-state index contributed by atoms with van der Waals surface area (Å²) in [4.78, 5) is 0. The van der Waals surface area contributed by atoms with Crippen LogP contribution in [0.25, 0.3) is 10.8 Å². The fourth-order valence-electron chi connectivity index (χ4n) is 2.30. The van der Waals surface area contributed by atoms with E-state index in [1.54, 1.807) is 0 Å². The molecular formula is C18H14BrClO. The van der Waals surface area contributed by atoms with E-state index in [1.807, 2.05) is 37.3 Å². The van der Waals surface area contributed by atoms with Crippen molar-refractivity contribution in [2.45, 2.75) is 12.8 Å². The second kappa shape index (κ2) is 6.08. The van der Waals surface area contributed by atoms with E-state index >= 15 is 0 Å². The molecule has 0 aliphatic rings. The first kappa shape index (κ1) is 14.4. The summed E-state index contributed by atoms with van der Waals surface area (Å²) in [5.74, 6) is 2.07. The topological polar surface area (TPSA) is 9.23 Å². The number of halogens is 2. The van der Waals surface area contributed by atoms with Crippen LogP contribution in [0.3, 0.4) is 0 Å². The van der Waals surface area contributed by atoms with E-state index in [2.05, 4.69) is 40.2 Å². The average molecular weight is 362 g/mol. The molecular weight excluding hydrogens is 348 g/mol. The zero-order valence-corrected chi connectivity index (χ0v) is 13.9. The SMILES string of the molecule is Cc1ccc(Oc2ccc3cc(Br)ccc3c2)c(CCl)c1. The highest BCUT2D eigenvalue weighted by molar-refractivity contribution is 9.10. The Morgan fingerprint density at radius 3 is 2.52 bits per heavy atom. The summed E-state index contributed by atoms with van der Waals surface area (Å²) in [5, 5.41) is 2.33. The highest BCUT2D eigenvalue weighted by atomic mass is 79.9. The van der Waals surface area contributed by atoms with Gasteiger partial charge in [-0.1, -0.05) is 45.8 Å². The molecule has 3 aromatic carbocycles. The Bertz CT molecular complexity index is 798. The molecule has 0 bridgehead atoms. The minimum Gasteiger partial charge on any atom is -0.457 e. The monoisotopic (exact) mass is 360 g/mol. The summed E-state index contributed by atoms with van der Waals surface area (Å²) in [5.41, 5.74) is 2.19. The van der Waals surface area contributed by atoms with Crippen molar-refractivity contribution in [1.29, 1.82) is 0 Å². The number of ether oxygens (including phenoxy) is 1. The molecule has 0 unspecified atom stereocenters. The number of hydrogen-bond acceptors (Lipinski definition) is 1. The highest BCUT2D eigenvalue weighted by Crippen LogP contribution is 2.30. The minimum atomic E-state index is 0.442. The van der Waals surface area contributed by atoms with Crippen LogP contribution in [-0.2, 0) is 5.88 Å². The van der Waals surface area contributed by atoms with Crippen LogP contribution in [-0.4, -0.2) is 0 Å². The molecule has 0 heterocycles. The predicted octanol–water partition coefficient (Wildman–Crippen LogP) is 6.44. The van der Waals surface area contributed by atoms with E-state index < -0.39 is 0 Å². The van der Waals surface area contributed by atoms with E-state index in [1.165, 1.54) is 10.9 Å². The van der Waals surface area contributed by atoms with Crippen LogP contribution in [0, 0.1) is 6.92 Å². The average Bonchev–Trinajstić information content (AvgIpc) is 2.49. The summed E-state index contributed by atoms with van der Waals surface area (Å²) < 4.78 is 7.07. The summed E-state index contributed by atoms with van der Waals surface area (Å²) in [7, 11) is 0. The first-order valence-electron chi connectivity index (χ1n) is 6.68. The molecule has 21 heavy (non-hydrogen) atoms. The number of benzene rings is 3. The lowest BCUT2D eigenvalue weighted by Gasteiger charge is -2.11. The smallest absolute Gasteiger partial charge is 0.131 e. The van der Waals surface area contributed by atoms with Crippen molar-refractivity contribution in [3.63, 3.8) is 0 Å². The summed E-state index contributed by atoms with van der Waals surface area (Å²) in [6.07, 6.45) is 0. The standard InChI is InChI=1S/C18H14BrClO/c1-12-2-7-18(15(8-12)11-20)21-17-6-4-13-9-16(19)5-3-14(13)10-17/h2-10H,11H2,1H3. The van der Waals surface area contributed by atoms with E-state index in [0.717, 1.165) is 26.9 Å². The van der Waals surface area contributed by atoms with Crippen molar-refractivity contribution in [2.75, 3.05) is 0 Å². The highest BCUT2D eigenvalue weighted by Gasteiger charge is 2.05. The molecule has 0 amide bonds. The molecule has 1 nitrogen and oxygen atoms in total. The quantitative estimate of drug-likeness (QED) is 0.488. The van der Waals surface area contributed by atoms with Gasteiger partial charge in [-0.15, -0.1) is 11.6 Å². The van der Waals surface area contributed by atoms with E-state index in [0.29, 0.717) is 5.88 Å². The fraction of sp³-hybridized carbons (Fsp3) is 0.111. The molecule has 0 spiro atoms. The van der Waals surface area contributed by atoms with Gasteiger partial charge in [-0.2, -0.15) is 0 Å².